The highest BCUT2D eigenvalue weighted by Crippen LogP contribution is 2.09. The van der Waals surface area contributed by atoms with Crippen LogP contribution in [0.5, 0.6) is 0 Å². The van der Waals surface area contributed by atoms with Crippen LogP contribution in [0.3, 0.4) is 0 Å². The van der Waals surface area contributed by atoms with Gasteiger partial charge >= 0.3 is 5.69 Å². The van der Waals surface area contributed by atoms with Gasteiger partial charge in [0.15, 0.2) is 11.3 Å². The molecule has 0 spiro atoms. The Morgan fingerprint density at radius 2 is 2.29 bits per heavy atom. The average Bonchev–Trinajstić information content (AvgIpc) is 2.65. The van der Waals surface area contributed by atoms with Crippen LogP contribution < -0.4 is 5.69 Å². The first-order valence-corrected chi connectivity index (χ1v) is 4.17. The Morgan fingerprint density at radius 3 is 3.14 bits per heavy atom. The molecule has 14 heavy (non-hydrogen) atoms. The lowest BCUT2D eigenvalue weighted by atomic mass is 10.5. The van der Waals surface area contributed by atoms with E-state index in [4.69, 9.17) is 0 Å². The van der Waals surface area contributed by atoms with Crippen molar-refractivity contribution in [1.29, 1.82) is 0 Å². The number of aromatic nitrogens is 5. The fourth-order valence-electron chi connectivity index (χ4n) is 1.52. The van der Waals surface area contributed by atoms with Crippen LogP contribution in [0, 0.1) is 6.92 Å². The summed E-state index contributed by atoms with van der Waals surface area (Å²) in [5, 5.41) is 4.22. The molecule has 3 rings (SSSR count). The second kappa shape index (κ2) is 2.22. The average molecular weight is 189 g/mol. The Morgan fingerprint density at radius 1 is 1.43 bits per heavy atom. The van der Waals surface area contributed by atoms with Crippen molar-refractivity contribution < 1.29 is 0 Å². The van der Waals surface area contributed by atoms with Gasteiger partial charge in [-0.25, -0.2) is 9.78 Å². The highest BCUT2D eigenvalue weighted by atomic mass is 16.1. The molecule has 0 aliphatic rings. The molecular formula is C8H7N5O. The Labute approximate surface area is 77.6 Å². The Bertz CT molecular complexity index is 674. The lowest BCUT2D eigenvalue weighted by Crippen LogP contribution is -2.00. The van der Waals surface area contributed by atoms with Crippen molar-refractivity contribution in [2.45, 2.75) is 6.92 Å². The zero-order valence-electron chi connectivity index (χ0n) is 7.40. The van der Waals surface area contributed by atoms with E-state index in [-0.39, 0.29) is 5.69 Å². The molecule has 0 fully saturated rings. The quantitative estimate of drug-likeness (QED) is 0.530. The number of rotatable bonds is 0. The molecule has 0 bridgehead atoms. The minimum atomic E-state index is -0.248. The normalized spacial score (nSPS) is 11.5. The van der Waals surface area contributed by atoms with Gasteiger partial charge in [-0.3, -0.25) is 4.98 Å². The zero-order valence-corrected chi connectivity index (χ0v) is 7.40. The minimum Gasteiger partial charge on any atom is -0.303 e. The van der Waals surface area contributed by atoms with Gasteiger partial charge in [-0.05, 0) is 6.92 Å². The highest BCUT2D eigenvalue weighted by molar-refractivity contribution is 5.72. The van der Waals surface area contributed by atoms with Gasteiger partial charge in [0.25, 0.3) is 0 Å². The van der Waals surface area contributed by atoms with Crippen LogP contribution in [0.2, 0.25) is 0 Å². The first kappa shape index (κ1) is 7.31. The van der Waals surface area contributed by atoms with Gasteiger partial charge in [0.05, 0.1) is 11.9 Å². The summed E-state index contributed by atoms with van der Waals surface area (Å²) in [4.78, 5) is 20.5. The fraction of sp³-hybridized carbons (Fsp3) is 0.125. The largest absolute Gasteiger partial charge is 0.325 e. The van der Waals surface area contributed by atoms with E-state index in [9.17, 15) is 4.79 Å². The first-order chi connectivity index (χ1) is 6.74. The van der Waals surface area contributed by atoms with E-state index in [1.807, 2.05) is 13.0 Å². The third-order valence-corrected chi connectivity index (χ3v) is 2.09. The van der Waals surface area contributed by atoms with Gasteiger partial charge in [0.1, 0.15) is 5.52 Å². The van der Waals surface area contributed by atoms with Crippen LogP contribution in [0.25, 0.3) is 16.8 Å². The molecule has 6 heteroatoms. The van der Waals surface area contributed by atoms with E-state index < -0.39 is 0 Å². The van der Waals surface area contributed by atoms with Gasteiger partial charge in [0, 0.05) is 6.07 Å². The Hall–Kier alpha value is -2.11. The second-order valence-electron chi connectivity index (χ2n) is 3.16. The molecule has 0 saturated heterocycles. The molecule has 0 unspecified atom stereocenters. The molecule has 0 radical (unpaired) electrons. The van der Waals surface area contributed by atoms with E-state index in [0.29, 0.717) is 11.2 Å². The monoisotopic (exact) mass is 189 g/mol. The smallest absolute Gasteiger partial charge is 0.303 e. The van der Waals surface area contributed by atoms with Gasteiger partial charge < -0.3 is 4.98 Å². The zero-order chi connectivity index (χ0) is 9.71. The summed E-state index contributed by atoms with van der Waals surface area (Å²) in [5.74, 6) is 0. The summed E-state index contributed by atoms with van der Waals surface area (Å²) < 4.78 is 1.61. The standard InChI is InChI=1S/C8H7N5O/c1-4-2-6-9-3-5-7(13(6)12-4)11-8(14)10-5/h2-3H,1H3,(H2,10,11,14). The molecule has 3 aromatic rings. The summed E-state index contributed by atoms with van der Waals surface area (Å²) in [6.45, 7) is 1.88. The Balaban J connectivity index is 2.65. The van der Waals surface area contributed by atoms with Gasteiger partial charge in [-0.2, -0.15) is 9.61 Å². The molecule has 0 aliphatic heterocycles. The molecule has 0 atom stereocenters. The number of nitrogens with zero attached hydrogens (tertiary/aromatic N) is 3. The summed E-state index contributed by atoms with van der Waals surface area (Å²) in [5.41, 5.74) is 2.65. The molecule has 70 valence electrons. The summed E-state index contributed by atoms with van der Waals surface area (Å²) in [6.07, 6.45) is 1.61. The van der Waals surface area contributed by atoms with Crippen molar-refractivity contribution in [3.63, 3.8) is 0 Å². The van der Waals surface area contributed by atoms with E-state index in [0.717, 1.165) is 11.3 Å². The van der Waals surface area contributed by atoms with Crippen LogP contribution in [-0.4, -0.2) is 24.6 Å². The van der Waals surface area contributed by atoms with Crippen LogP contribution in [0.1, 0.15) is 5.69 Å². The molecule has 3 heterocycles. The predicted molar refractivity (Wildman–Crippen MR) is 50.2 cm³/mol. The fourth-order valence-corrected chi connectivity index (χ4v) is 1.52. The Kier molecular flexibility index (Phi) is 1.16. The minimum absolute atomic E-state index is 0.248. The van der Waals surface area contributed by atoms with Crippen molar-refractivity contribution in [2.75, 3.05) is 0 Å². The van der Waals surface area contributed by atoms with E-state index in [1.54, 1.807) is 10.7 Å². The third kappa shape index (κ3) is 0.819. The molecule has 0 aliphatic carbocycles. The maximum atomic E-state index is 11.1. The van der Waals surface area contributed by atoms with Crippen molar-refractivity contribution in [1.82, 2.24) is 24.6 Å². The predicted octanol–water partition coefficient (Wildman–Crippen LogP) is 0.207. The van der Waals surface area contributed by atoms with Crippen LogP contribution >= 0.6 is 0 Å². The molecule has 0 aromatic carbocycles. The van der Waals surface area contributed by atoms with Gasteiger partial charge in [0.2, 0.25) is 0 Å². The first-order valence-electron chi connectivity index (χ1n) is 4.17. The van der Waals surface area contributed by atoms with Gasteiger partial charge in [-0.15, -0.1) is 0 Å². The number of nitrogens with one attached hydrogen (secondary N) is 2. The molecule has 6 nitrogen and oxygen atoms in total. The number of H-pyrrole nitrogens is 2. The van der Waals surface area contributed by atoms with E-state index >= 15 is 0 Å². The number of hydrogen-bond donors (Lipinski definition) is 2. The van der Waals surface area contributed by atoms with Crippen LogP contribution in [0.4, 0.5) is 0 Å². The van der Waals surface area contributed by atoms with Gasteiger partial charge in [-0.1, -0.05) is 0 Å². The topological polar surface area (TPSA) is 78.8 Å². The van der Waals surface area contributed by atoms with Crippen molar-refractivity contribution in [3.05, 3.63) is 28.4 Å². The number of imidazole rings is 1. The second-order valence-corrected chi connectivity index (χ2v) is 3.16. The summed E-state index contributed by atoms with van der Waals surface area (Å²) in [7, 11) is 0. The number of aryl methyl sites for hydroxylation is 1. The van der Waals surface area contributed by atoms with Crippen molar-refractivity contribution >= 4 is 16.8 Å². The SMILES string of the molecule is Cc1cc2ncc3[nH]c(=O)[nH]c3n2n1. The van der Waals surface area contributed by atoms with Crippen LogP contribution in [-0.2, 0) is 0 Å². The lowest BCUT2D eigenvalue weighted by Gasteiger charge is -1.92. The summed E-state index contributed by atoms with van der Waals surface area (Å²) >= 11 is 0. The van der Waals surface area contributed by atoms with Crippen LogP contribution in [0.15, 0.2) is 17.1 Å². The van der Waals surface area contributed by atoms with Crippen molar-refractivity contribution in [2.24, 2.45) is 0 Å². The third-order valence-electron chi connectivity index (χ3n) is 2.09. The lowest BCUT2D eigenvalue weighted by molar-refractivity contribution is 0.941. The molecule has 0 saturated carbocycles. The summed E-state index contributed by atoms with van der Waals surface area (Å²) in [6, 6.07) is 1.85. The maximum Gasteiger partial charge on any atom is 0.325 e. The maximum absolute atomic E-state index is 11.1. The van der Waals surface area contributed by atoms with Crippen molar-refractivity contribution in [3.8, 4) is 0 Å². The molecule has 0 amide bonds. The number of aromatic amines is 2. The van der Waals surface area contributed by atoms with E-state index in [2.05, 4.69) is 20.1 Å². The van der Waals surface area contributed by atoms with E-state index in [1.165, 1.54) is 0 Å². The molecule has 3 aromatic heterocycles. The number of hydrogen-bond acceptors (Lipinski definition) is 3. The highest BCUT2D eigenvalue weighted by Gasteiger charge is 2.05. The molecular weight excluding hydrogens is 182 g/mol. The number of fused-ring (bicyclic) bond motifs is 3. The molecule has 2 N–H and O–H groups in total.